The summed E-state index contributed by atoms with van der Waals surface area (Å²) in [6, 6.07) is 1.73. The second-order valence-corrected chi connectivity index (χ2v) is 6.27. The molecule has 0 aromatic carbocycles. The smallest absolute Gasteiger partial charge is 0.292 e. The number of hydrogen-bond acceptors (Lipinski definition) is 4. The van der Waals surface area contributed by atoms with Crippen molar-refractivity contribution in [1.82, 2.24) is 0 Å². The van der Waals surface area contributed by atoms with E-state index in [-0.39, 0.29) is 11.7 Å². The zero-order chi connectivity index (χ0) is 15.0. The molecule has 0 atom stereocenters. The molecule has 6 heteroatoms. The number of primary amides is 1. The maximum absolute atomic E-state index is 12.2. The van der Waals surface area contributed by atoms with Gasteiger partial charge < -0.3 is 15.5 Å². The molecule has 0 bridgehead atoms. The third-order valence-electron chi connectivity index (χ3n) is 3.71. The van der Waals surface area contributed by atoms with Crippen molar-refractivity contribution < 1.29 is 14.0 Å². The SMILES string of the molecule is Cc1ccoc1C(=O)Nc1sc2c(c1C(N)=O)CCCC2. The van der Waals surface area contributed by atoms with Crippen LogP contribution in [-0.2, 0) is 12.8 Å². The van der Waals surface area contributed by atoms with E-state index in [1.807, 2.05) is 0 Å². The van der Waals surface area contributed by atoms with Crippen LogP contribution in [0.15, 0.2) is 16.7 Å². The number of amides is 2. The molecule has 2 amide bonds. The minimum Gasteiger partial charge on any atom is -0.459 e. The average Bonchev–Trinajstić information content (AvgIpc) is 3.01. The fourth-order valence-electron chi connectivity index (χ4n) is 2.68. The molecule has 2 heterocycles. The van der Waals surface area contributed by atoms with Gasteiger partial charge in [-0.3, -0.25) is 9.59 Å². The first-order valence-corrected chi connectivity index (χ1v) is 7.69. The number of hydrogen-bond donors (Lipinski definition) is 2. The van der Waals surface area contributed by atoms with Crippen molar-refractivity contribution in [3.05, 3.63) is 39.7 Å². The van der Waals surface area contributed by atoms with E-state index in [4.69, 9.17) is 10.2 Å². The lowest BCUT2D eigenvalue weighted by molar-refractivity contribution is 0.0996. The van der Waals surface area contributed by atoms with Crippen molar-refractivity contribution in [2.45, 2.75) is 32.6 Å². The van der Waals surface area contributed by atoms with Gasteiger partial charge in [-0.25, -0.2) is 0 Å². The molecule has 0 aliphatic heterocycles. The molecule has 5 nitrogen and oxygen atoms in total. The van der Waals surface area contributed by atoms with Gasteiger partial charge in [-0.05, 0) is 44.2 Å². The standard InChI is InChI=1S/C15H16N2O3S/c1-8-6-7-20-12(8)14(19)17-15-11(13(16)18)9-4-2-3-5-10(9)21-15/h6-7H,2-5H2,1H3,(H2,16,18)(H,17,19). The Bertz CT molecular complexity index is 715. The summed E-state index contributed by atoms with van der Waals surface area (Å²) in [7, 11) is 0. The minimum absolute atomic E-state index is 0.261. The summed E-state index contributed by atoms with van der Waals surface area (Å²) in [5, 5.41) is 3.31. The summed E-state index contributed by atoms with van der Waals surface area (Å²) >= 11 is 1.45. The molecule has 21 heavy (non-hydrogen) atoms. The van der Waals surface area contributed by atoms with Crippen LogP contribution < -0.4 is 11.1 Å². The highest BCUT2D eigenvalue weighted by atomic mass is 32.1. The van der Waals surface area contributed by atoms with Crippen LogP contribution in [0.5, 0.6) is 0 Å². The van der Waals surface area contributed by atoms with Gasteiger partial charge in [0.1, 0.15) is 5.00 Å². The molecule has 1 aliphatic carbocycles. The van der Waals surface area contributed by atoms with Gasteiger partial charge >= 0.3 is 0 Å². The van der Waals surface area contributed by atoms with E-state index in [1.165, 1.54) is 17.6 Å². The predicted octanol–water partition coefficient (Wildman–Crippen LogP) is 2.88. The molecule has 1 aliphatic rings. The van der Waals surface area contributed by atoms with Crippen LogP contribution >= 0.6 is 11.3 Å². The van der Waals surface area contributed by atoms with Crippen LogP contribution in [-0.4, -0.2) is 11.8 Å². The second kappa shape index (κ2) is 5.37. The van der Waals surface area contributed by atoms with E-state index in [1.54, 1.807) is 13.0 Å². The molecule has 0 saturated heterocycles. The fraction of sp³-hybridized carbons (Fsp3) is 0.333. The maximum atomic E-state index is 12.2. The number of thiophene rings is 1. The number of aryl methyl sites for hydroxylation is 2. The van der Waals surface area contributed by atoms with Gasteiger partial charge in [-0.1, -0.05) is 0 Å². The van der Waals surface area contributed by atoms with Crippen molar-refractivity contribution in [2.75, 3.05) is 5.32 Å². The Kier molecular flexibility index (Phi) is 3.55. The highest BCUT2D eigenvalue weighted by Gasteiger charge is 2.25. The monoisotopic (exact) mass is 304 g/mol. The molecule has 3 rings (SSSR count). The highest BCUT2D eigenvalue weighted by molar-refractivity contribution is 7.17. The Morgan fingerprint density at radius 2 is 2.10 bits per heavy atom. The zero-order valence-corrected chi connectivity index (χ0v) is 12.5. The van der Waals surface area contributed by atoms with Crippen LogP contribution in [0, 0.1) is 6.92 Å². The van der Waals surface area contributed by atoms with Crippen LogP contribution in [0.4, 0.5) is 5.00 Å². The molecule has 3 N–H and O–H groups in total. The van der Waals surface area contributed by atoms with E-state index in [2.05, 4.69) is 5.32 Å². The van der Waals surface area contributed by atoms with Gasteiger partial charge in [0.2, 0.25) is 0 Å². The number of nitrogens with one attached hydrogen (secondary N) is 1. The van der Waals surface area contributed by atoms with E-state index >= 15 is 0 Å². The Morgan fingerprint density at radius 1 is 1.33 bits per heavy atom. The van der Waals surface area contributed by atoms with E-state index in [9.17, 15) is 9.59 Å². The van der Waals surface area contributed by atoms with Crippen molar-refractivity contribution in [2.24, 2.45) is 5.73 Å². The van der Waals surface area contributed by atoms with E-state index < -0.39 is 5.91 Å². The lowest BCUT2D eigenvalue weighted by Gasteiger charge is -2.11. The molecule has 0 radical (unpaired) electrons. The van der Waals surface area contributed by atoms with Crippen molar-refractivity contribution in [3.63, 3.8) is 0 Å². The van der Waals surface area contributed by atoms with Crippen molar-refractivity contribution in [1.29, 1.82) is 0 Å². The third kappa shape index (κ3) is 2.47. The molecular formula is C15H16N2O3S. The van der Waals surface area contributed by atoms with Crippen molar-refractivity contribution in [3.8, 4) is 0 Å². The van der Waals surface area contributed by atoms with E-state index in [0.29, 0.717) is 10.6 Å². The zero-order valence-electron chi connectivity index (χ0n) is 11.7. The Balaban J connectivity index is 1.95. The largest absolute Gasteiger partial charge is 0.459 e. The third-order valence-corrected chi connectivity index (χ3v) is 4.92. The molecule has 2 aromatic heterocycles. The number of nitrogens with two attached hydrogens (primary N) is 1. The lowest BCUT2D eigenvalue weighted by atomic mass is 9.95. The molecule has 110 valence electrons. The predicted molar refractivity (Wildman–Crippen MR) is 80.9 cm³/mol. The normalized spacial score (nSPS) is 13.8. The number of furan rings is 1. The van der Waals surface area contributed by atoms with Crippen LogP contribution in [0.1, 0.15) is 49.8 Å². The molecule has 0 unspecified atom stereocenters. The summed E-state index contributed by atoms with van der Waals surface area (Å²) < 4.78 is 5.18. The first kappa shape index (κ1) is 13.9. The number of carbonyl (C=O) groups excluding carboxylic acids is 2. The average molecular weight is 304 g/mol. The molecule has 2 aromatic rings. The first-order valence-electron chi connectivity index (χ1n) is 6.87. The first-order chi connectivity index (χ1) is 10.1. The Labute approximate surface area is 126 Å². The topological polar surface area (TPSA) is 85.3 Å². The van der Waals surface area contributed by atoms with Gasteiger partial charge in [0.25, 0.3) is 11.8 Å². The molecule has 0 fully saturated rings. The maximum Gasteiger partial charge on any atom is 0.292 e. The second-order valence-electron chi connectivity index (χ2n) is 5.17. The molecule has 0 spiro atoms. The number of anilines is 1. The fourth-order valence-corrected chi connectivity index (χ4v) is 3.97. The van der Waals surface area contributed by atoms with Crippen LogP contribution in [0.2, 0.25) is 0 Å². The summed E-state index contributed by atoms with van der Waals surface area (Å²) in [6.07, 6.45) is 5.42. The molecular weight excluding hydrogens is 288 g/mol. The summed E-state index contributed by atoms with van der Waals surface area (Å²) in [5.74, 6) is -0.573. The van der Waals surface area contributed by atoms with Crippen molar-refractivity contribution >= 4 is 28.2 Å². The van der Waals surface area contributed by atoms with Crippen LogP contribution in [0.3, 0.4) is 0 Å². The highest BCUT2D eigenvalue weighted by Crippen LogP contribution is 2.38. The number of fused-ring (bicyclic) bond motifs is 1. The number of carbonyl (C=O) groups is 2. The Hall–Kier alpha value is -2.08. The van der Waals surface area contributed by atoms with Gasteiger partial charge in [-0.2, -0.15) is 0 Å². The summed E-state index contributed by atoms with van der Waals surface area (Å²) in [5.41, 5.74) is 7.73. The van der Waals surface area contributed by atoms with Crippen LogP contribution in [0.25, 0.3) is 0 Å². The number of rotatable bonds is 3. The summed E-state index contributed by atoms with van der Waals surface area (Å²) in [6.45, 7) is 1.80. The van der Waals surface area contributed by atoms with Gasteiger partial charge in [0.05, 0.1) is 11.8 Å². The summed E-state index contributed by atoms with van der Waals surface area (Å²) in [4.78, 5) is 25.1. The minimum atomic E-state index is -0.485. The van der Waals surface area contributed by atoms with Gasteiger partial charge in [0, 0.05) is 10.4 Å². The lowest BCUT2D eigenvalue weighted by Crippen LogP contribution is -2.18. The quantitative estimate of drug-likeness (QED) is 0.914. The molecule has 0 saturated carbocycles. The van der Waals surface area contributed by atoms with Gasteiger partial charge in [0.15, 0.2) is 5.76 Å². The van der Waals surface area contributed by atoms with E-state index in [0.717, 1.165) is 41.7 Å². The Morgan fingerprint density at radius 3 is 2.76 bits per heavy atom. The van der Waals surface area contributed by atoms with Gasteiger partial charge in [-0.15, -0.1) is 11.3 Å².